The highest BCUT2D eigenvalue weighted by Gasteiger charge is 2.14. The number of hydrogen-bond acceptors (Lipinski definition) is 5. The van der Waals surface area contributed by atoms with Crippen LogP contribution in [0.4, 0.5) is 0 Å². The van der Waals surface area contributed by atoms with Crippen molar-refractivity contribution in [1.29, 1.82) is 5.26 Å². The summed E-state index contributed by atoms with van der Waals surface area (Å²) in [6.07, 6.45) is 0. The minimum absolute atomic E-state index is 0.113. The summed E-state index contributed by atoms with van der Waals surface area (Å²) < 4.78 is 10.5. The number of hydrogen-bond donors (Lipinski definition) is 1. The van der Waals surface area contributed by atoms with Crippen LogP contribution in [0.25, 0.3) is 21.7 Å². The number of pyridine rings is 1. The third kappa shape index (κ3) is 2.77. The van der Waals surface area contributed by atoms with Crippen LogP contribution in [0.1, 0.15) is 5.56 Å². The number of nitrogens with zero attached hydrogens (tertiary/aromatic N) is 1. The lowest BCUT2D eigenvalue weighted by Crippen LogP contribution is -2.12. The summed E-state index contributed by atoms with van der Waals surface area (Å²) in [4.78, 5) is 15.9. The quantitative estimate of drug-likeness (QED) is 0.788. The Balaban J connectivity index is 2.20. The lowest BCUT2D eigenvalue weighted by Gasteiger charge is -2.11. The molecule has 0 unspecified atom stereocenters. The molecule has 5 nitrogen and oxygen atoms in total. The van der Waals surface area contributed by atoms with Gasteiger partial charge in [-0.1, -0.05) is 6.07 Å². The molecule has 1 aromatic carbocycles. The summed E-state index contributed by atoms with van der Waals surface area (Å²) in [6, 6.07) is 13.0. The van der Waals surface area contributed by atoms with Crippen molar-refractivity contribution in [2.75, 3.05) is 14.2 Å². The number of aromatic nitrogens is 1. The standard InChI is InChI=1S/C18H14N2O3S/c1-22-15-6-5-11(8-16(15)23-2)14-9-12(17-4-3-7-24-17)13(10-19)18(21)20-14/h3-9H,1-2H3,(H,20,21). The van der Waals surface area contributed by atoms with Gasteiger partial charge in [-0.25, -0.2) is 0 Å². The van der Waals surface area contributed by atoms with Gasteiger partial charge in [0.05, 0.1) is 14.2 Å². The molecule has 3 rings (SSSR count). The van der Waals surface area contributed by atoms with Gasteiger partial charge in [0.1, 0.15) is 11.6 Å². The first kappa shape index (κ1) is 15.8. The van der Waals surface area contributed by atoms with Gasteiger partial charge in [0.15, 0.2) is 11.5 Å². The maximum Gasteiger partial charge on any atom is 0.267 e. The number of H-pyrrole nitrogens is 1. The van der Waals surface area contributed by atoms with Crippen molar-refractivity contribution < 1.29 is 9.47 Å². The number of ether oxygens (including phenoxy) is 2. The minimum atomic E-state index is -0.409. The van der Waals surface area contributed by atoms with Crippen molar-refractivity contribution in [3.8, 4) is 39.3 Å². The second kappa shape index (κ2) is 6.60. The van der Waals surface area contributed by atoms with Crippen molar-refractivity contribution in [1.82, 2.24) is 4.98 Å². The second-order valence-corrected chi connectivity index (χ2v) is 5.91. The zero-order chi connectivity index (χ0) is 17.1. The molecule has 24 heavy (non-hydrogen) atoms. The summed E-state index contributed by atoms with van der Waals surface area (Å²) in [5.74, 6) is 1.17. The van der Waals surface area contributed by atoms with E-state index in [0.717, 1.165) is 10.4 Å². The highest BCUT2D eigenvalue weighted by atomic mass is 32.1. The molecule has 6 heteroatoms. The van der Waals surface area contributed by atoms with E-state index in [9.17, 15) is 10.1 Å². The fourth-order valence-electron chi connectivity index (χ4n) is 2.46. The van der Waals surface area contributed by atoms with Gasteiger partial charge in [-0.05, 0) is 35.7 Å². The Labute approximate surface area is 142 Å². The molecule has 2 aromatic heterocycles. The van der Waals surface area contributed by atoms with Crippen LogP contribution in [-0.4, -0.2) is 19.2 Å². The lowest BCUT2D eigenvalue weighted by atomic mass is 10.0. The number of benzene rings is 1. The van der Waals surface area contributed by atoms with Gasteiger partial charge >= 0.3 is 0 Å². The van der Waals surface area contributed by atoms with Crippen LogP contribution in [-0.2, 0) is 0 Å². The Morgan fingerprint density at radius 2 is 1.92 bits per heavy atom. The predicted molar refractivity (Wildman–Crippen MR) is 93.6 cm³/mol. The highest BCUT2D eigenvalue weighted by Crippen LogP contribution is 2.33. The zero-order valence-corrected chi connectivity index (χ0v) is 13.9. The summed E-state index contributed by atoms with van der Waals surface area (Å²) in [6.45, 7) is 0. The number of nitrogens with one attached hydrogen (secondary N) is 1. The number of aromatic amines is 1. The Morgan fingerprint density at radius 3 is 2.54 bits per heavy atom. The summed E-state index contributed by atoms with van der Waals surface area (Å²) in [5, 5.41) is 11.2. The molecule has 1 N–H and O–H groups in total. The smallest absolute Gasteiger partial charge is 0.267 e. The maximum atomic E-state index is 12.3. The first-order valence-corrected chi connectivity index (χ1v) is 7.99. The molecular weight excluding hydrogens is 324 g/mol. The molecule has 0 saturated carbocycles. The molecule has 0 amide bonds. The Morgan fingerprint density at radius 1 is 1.12 bits per heavy atom. The fourth-order valence-corrected chi connectivity index (χ4v) is 3.20. The SMILES string of the molecule is COc1ccc(-c2cc(-c3cccs3)c(C#N)c(=O)[nH]2)cc1OC. The average Bonchev–Trinajstić information content (AvgIpc) is 3.14. The molecule has 3 aromatic rings. The van der Waals surface area contributed by atoms with Crippen LogP contribution < -0.4 is 15.0 Å². The van der Waals surface area contributed by atoms with Gasteiger partial charge in [-0.2, -0.15) is 5.26 Å². The van der Waals surface area contributed by atoms with Crippen molar-refractivity contribution in [2.24, 2.45) is 0 Å². The van der Waals surface area contributed by atoms with Crippen molar-refractivity contribution in [3.05, 3.63) is 57.7 Å². The Hall–Kier alpha value is -3.04. The van der Waals surface area contributed by atoms with Crippen LogP contribution >= 0.6 is 11.3 Å². The van der Waals surface area contributed by atoms with Gasteiger partial charge in [0, 0.05) is 21.7 Å². The van der Waals surface area contributed by atoms with E-state index in [4.69, 9.17) is 9.47 Å². The third-order valence-corrected chi connectivity index (χ3v) is 4.53. The van der Waals surface area contributed by atoms with E-state index in [1.807, 2.05) is 35.7 Å². The normalized spacial score (nSPS) is 10.2. The van der Waals surface area contributed by atoms with Gasteiger partial charge in [0.2, 0.25) is 0 Å². The highest BCUT2D eigenvalue weighted by molar-refractivity contribution is 7.13. The van der Waals surface area contributed by atoms with E-state index >= 15 is 0 Å². The molecule has 0 aliphatic rings. The van der Waals surface area contributed by atoms with E-state index in [1.54, 1.807) is 26.4 Å². The first-order chi connectivity index (χ1) is 11.7. The van der Waals surface area contributed by atoms with Gasteiger partial charge in [-0.15, -0.1) is 11.3 Å². The molecule has 0 atom stereocenters. The third-order valence-electron chi connectivity index (χ3n) is 3.63. The summed E-state index contributed by atoms with van der Waals surface area (Å²) in [7, 11) is 3.12. The Kier molecular flexibility index (Phi) is 4.36. The number of thiophene rings is 1. The molecule has 120 valence electrons. The van der Waals surface area contributed by atoms with E-state index < -0.39 is 5.56 Å². The molecule has 2 heterocycles. The lowest BCUT2D eigenvalue weighted by molar-refractivity contribution is 0.355. The van der Waals surface area contributed by atoms with Gasteiger partial charge < -0.3 is 14.5 Å². The largest absolute Gasteiger partial charge is 0.493 e. The monoisotopic (exact) mass is 338 g/mol. The first-order valence-electron chi connectivity index (χ1n) is 7.11. The zero-order valence-electron chi connectivity index (χ0n) is 13.1. The van der Waals surface area contributed by atoms with Crippen LogP contribution in [0, 0.1) is 11.3 Å². The fraction of sp³-hybridized carbons (Fsp3) is 0.111. The molecule has 0 spiro atoms. The van der Waals surface area contributed by atoms with E-state index in [1.165, 1.54) is 11.3 Å². The van der Waals surface area contributed by atoms with Crippen molar-refractivity contribution >= 4 is 11.3 Å². The molecule has 0 aliphatic carbocycles. The van der Waals surface area contributed by atoms with Crippen LogP contribution in [0.15, 0.2) is 46.6 Å². The van der Waals surface area contributed by atoms with Crippen LogP contribution in [0.5, 0.6) is 11.5 Å². The molecule has 0 saturated heterocycles. The van der Waals surface area contributed by atoms with Crippen molar-refractivity contribution in [3.63, 3.8) is 0 Å². The van der Waals surface area contributed by atoms with Gasteiger partial charge in [0.25, 0.3) is 5.56 Å². The minimum Gasteiger partial charge on any atom is -0.493 e. The van der Waals surface area contributed by atoms with Crippen LogP contribution in [0.2, 0.25) is 0 Å². The average molecular weight is 338 g/mol. The van der Waals surface area contributed by atoms with Crippen molar-refractivity contribution in [2.45, 2.75) is 0 Å². The van der Waals surface area contributed by atoms with E-state index in [-0.39, 0.29) is 5.56 Å². The Bertz CT molecular complexity index is 969. The van der Waals surface area contributed by atoms with E-state index in [0.29, 0.717) is 22.8 Å². The molecule has 0 radical (unpaired) electrons. The number of nitriles is 1. The molecular formula is C18H14N2O3S. The molecule has 0 fully saturated rings. The predicted octanol–water partition coefficient (Wildman–Crippen LogP) is 3.66. The second-order valence-electron chi connectivity index (χ2n) is 4.96. The topological polar surface area (TPSA) is 75.1 Å². The van der Waals surface area contributed by atoms with Gasteiger partial charge in [-0.3, -0.25) is 4.79 Å². The maximum absolute atomic E-state index is 12.3. The number of methoxy groups -OCH3 is 2. The van der Waals surface area contributed by atoms with Crippen LogP contribution in [0.3, 0.4) is 0 Å². The summed E-state index contributed by atoms with van der Waals surface area (Å²) >= 11 is 1.48. The molecule has 0 bridgehead atoms. The number of rotatable bonds is 4. The summed E-state index contributed by atoms with van der Waals surface area (Å²) in [5.41, 5.74) is 1.71. The molecule has 0 aliphatic heterocycles. The van der Waals surface area contributed by atoms with E-state index in [2.05, 4.69) is 4.98 Å².